The van der Waals surface area contributed by atoms with Gasteiger partial charge in [-0.3, -0.25) is 0 Å². The molecule has 0 saturated heterocycles. The van der Waals surface area contributed by atoms with Crippen LogP contribution in [0.15, 0.2) is 24.3 Å². The number of para-hydroxylation sites is 1. The van der Waals surface area contributed by atoms with Gasteiger partial charge in [0.1, 0.15) is 5.75 Å². The first-order valence-corrected chi connectivity index (χ1v) is 4.10. The molecule has 0 bridgehead atoms. The average molecular weight is 166 g/mol. The molecular formula is C10H14O2. The Kier molecular flexibility index (Phi) is 3.61. The third kappa shape index (κ3) is 2.55. The Balaban J connectivity index is 2.46. The maximum absolute atomic E-state index is 5.35. The molecule has 0 radical (unpaired) electrons. The van der Waals surface area contributed by atoms with Gasteiger partial charge in [-0.05, 0) is 25.5 Å². The van der Waals surface area contributed by atoms with Crippen LogP contribution in [-0.4, -0.2) is 13.4 Å². The third-order valence-corrected chi connectivity index (χ3v) is 1.60. The predicted molar refractivity (Wildman–Crippen MR) is 48.3 cm³/mol. The Morgan fingerprint density at radius 3 is 2.67 bits per heavy atom. The first kappa shape index (κ1) is 9.07. The fraction of sp³-hybridized carbons (Fsp3) is 0.400. The summed E-state index contributed by atoms with van der Waals surface area (Å²) in [5.41, 5.74) is 1.14. The molecule has 0 fully saturated rings. The lowest BCUT2D eigenvalue weighted by Crippen LogP contribution is -2.02. The molecule has 1 rings (SSSR count). The second kappa shape index (κ2) is 4.78. The van der Waals surface area contributed by atoms with E-state index in [1.165, 1.54) is 0 Å². The standard InChI is InChI=1S/C10H14O2/c1-3-11-8-12-10-7-5-4-6-9(10)2/h4-7H,3,8H2,1-2H3. The molecule has 12 heavy (non-hydrogen) atoms. The largest absolute Gasteiger partial charge is 0.467 e. The van der Waals surface area contributed by atoms with Crippen LogP contribution in [0.4, 0.5) is 0 Å². The van der Waals surface area contributed by atoms with Crippen LogP contribution in [0.1, 0.15) is 12.5 Å². The highest BCUT2D eigenvalue weighted by molar-refractivity contribution is 5.31. The van der Waals surface area contributed by atoms with Gasteiger partial charge in [-0.15, -0.1) is 0 Å². The highest BCUT2D eigenvalue weighted by Gasteiger charge is 1.95. The highest BCUT2D eigenvalue weighted by atomic mass is 16.7. The summed E-state index contributed by atoms with van der Waals surface area (Å²) in [5.74, 6) is 0.894. The Morgan fingerprint density at radius 2 is 2.00 bits per heavy atom. The van der Waals surface area contributed by atoms with Gasteiger partial charge >= 0.3 is 0 Å². The van der Waals surface area contributed by atoms with E-state index in [1.807, 2.05) is 38.1 Å². The molecule has 0 amide bonds. The van der Waals surface area contributed by atoms with Crippen LogP contribution in [0.25, 0.3) is 0 Å². The molecule has 2 heteroatoms. The van der Waals surface area contributed by atoms with Gasteiger partial charge in [0.15, 0.2) is 6.79 Å². The fourth-order valence-electron chi connectivity index (χ4n) is 0.907. The SMILES string of the molecule is CCOCOc1ccccc1C. The molecule has 1 aromatic carbocycles. The molecule has 0 aliphatic rings. The van der Waals surface area contributed by atoms with Crippen molar-refractivity contribution in [2.45, 2.75) is 13.8 Å². The van der Waals surface area contributed by atoms with E-state index < -0.39 is 0 Å². The Morgan fingerprint density at radius 1 is 1.25 bits per heavy atom. The number of hydrogen-bond donors (Lipinski definition) is 0. The summed E-state index contributed by atoms with van der Waals surface area (Å²) >= 11 is 0. The van der Waals surface area contributed by atoms with Crippen molar-refractivity contribution < 1.29 is 9.47 Å². The Bertz CT molecular complexity index is 233. The minimum absolute atomic E-state index is 0.335. The lowest BCUT2D eigenvalue weighted by molar-refractivity contribution is 0.0220. The average Bonchev–Trinajstić information content (AvgIpc) is 2.09. The minimum Gasteiger partial charge on any atom is -0.467 e. The van der Waals surface area contributed by atoms with Gasteiger partial charge < -0.3 is 9.47 Å². The molecule has 0 saturated carbocycles. The van der Waals surface area contributed by atoms with Crippen molar-refractivity contribution in [2.24, 2.45) is 0 Å². The molecule has 0 aliphatic carbocycles. The number of rotatable bonds is 4. The van der Waals surface area contributed by atoms with Crippen molar-refractivity contribution in [2.75, 3.05) is 13.4 Å². The van der Waals surface area contributed by atoms with Crippen molar-refractivity contribution in [3.63, 3.8) is 0 Å². The molecule has 0 atom stereocenters. The van der Waals surface area contributed by atoms with Crippen molar-refractivity contribution in [3.05, 3.63) is 29.8 Å². The van der Waals surface area contributed by atoms with Crippen LogP contribution in [0.2, 0.25) is 0 Å². The van der Waals surface area contributed by atoms with Gasteiger partial charge in [0.2, 0.25) is 0 Å². The molecule has 0 aliphatic heterocycles. The van der Waals surface area contributed by atoms with Gasteiger partial charge in [0, 0.05) is 6.61 Å². The zero-order valence-corrected chi connectivity index (χ0v) is 7.54. The van der Waals surface area contributed by atoms with E-state index >= 15 is 0 Å². The van der Waals surface area contributed by atoms with Gasteiger partial charge in [0.05, 0.1) is 0 Å². The van der Waals surface area contributed by atoms with Gasteiger partial charge in [-0.25, -0.2) is 0 Å². The van der Waals surface area contributed by atoms with Crippen molar-refractivity contribution >= 4 is 0 Å². The lowest BCUT2D eigenvalue weighted by atomic mass is 10.2. The van der Waals surface area contributed by atoms with E-state index in [0.29, 0.717) is 13.4 Å². The first-order valence-electron chi connectivity index (χ1n) is 4.10. The molecule has 0 N–H and O–H groups in total. The first-order chi connectivity index (χ1) is 5.84. The van der Waals surface area contributed by atoms with Crippen molar-refractivity contribution in [1.82, 2.24) is 0 Å². The summed E-state index contributed by atoms with van der Waals surface area (Å²) in [6.07, 6.45) is 0. The third-order valence-electron chi connectivity index (χ3n) is 1.60. The molecule has 0 unspecified atom stereocenters. The molecule has 1 aromatic rings. The topological polar surface area (TPSA) is 18.5 Å². The van der Waals surface area contributed by atoms with Gasteiger partial charge in [-0.2, -0.15) is 0 Å². The molecule has 2 nitrogen and oxygen atoms in total. The second-order valence-electron chi connectivity index (χ2n) is 2.52. The van der Waals surface area contributed by atoms with Gasteiger partial charge in [0.25, 0.3) is 0 Å². The quantitative estimate of drug-likeness (QED) is 0.505. The van der Waals surface area contributed by atoms with E-state index in [9.17, 15) is 0 Å². The van der Waals surface area contributed by atoms with E-state index in [4.69, 9.17) is 9.47 Å². The maximum Gasteiger partial charge on any atom is 0.189 e. The molecular weight excluding hydrogens is 152 g/mol. The summed E-state index contributed by atoms with van der Waals surface area (Å²) in [4.78, 5) is 0. The summed E-state index contributed by atoms with van der Waals surface area (Å²) in [6.45, 7) is 4.98. The lowest BCUT2D eigenvalue weighted by Gasteiger charge is -2.07. The molecule has 0 aromatic heterocycles. The van der Waals surface area contributed by atoms with Crippen molar-refractivity contribution in [1.29, 1.82) is 0 Å². The fourth-order valence-corrected chi connectivity index (χ4v) is 0.907. The number of benzene rings is 1. The summed E-state index contributed by atoms with van der Waals surface area (Å²) < 4.78 is 10.4. The molecule has 66 valence electrons. The van der Waals surface area contributed by atoms with Crippen LogP contribution >= 0.6 is 0 Å². The maximum atomic E-state index is 5.35. The van der Waals surface area contributed by atoms with Gasteiger partial charge in [-0.1, -0.05) is 18.2 Å². The van der Waals surface area contributed by atoms with Crippen LogP contribution in [0.3, 0.4) is 0 Å². The van der Waals surface area contributed by atoms with E-state index in [0.717, 1.165) is 11.3 Å². The minimum atomic E-state index is 0.335. The smallest absolute Gasteiger partial charge is 0.189 e. The van der Waals surface area contributed by atoms with Crippen LogP contribution < -0.4 is 4.74 Å². The Labute approximate surface area is 73.1 Å². The van der Waals surface area contributed by atoms with Crippen LogP contribution in [0.5, 0.6) is 5.75 Å². The summed E-state index contributed by atoms with van der Waals surface area (Å²) in [5, 5.41) is 0. The summed E-state index contributed by atoms with van der Waals surface area (Å²) in [7, 11) is 0. The van der Waals surface area contributed by atoms with E-state index in [1.54, 1.807) is 0 Å². The predicted octanol–water partition coefficient (Wildman–Crippen LogP) is 2.37. The summed E-state index contributed by atoms with van der Waals surface area (Å²) in [6, 6.07) is 7.90. The van der Waals surface area contributed by atoms with Crippen molar-refractivity contribution in [3.8, 4) is 5.75 Å². The molecule has 0 spiro atoms. The van der Waals surface area contributed by atoms with Crippen LogP contribution in [-0.2, 0) is 4.74 Å². The monoisotopic (exact) mass is 166 g/mol. The number of ether oxygens (including phenoxy) is 2. The zero-order chi connectivity index (χ0) is 8.81. The Hall–Kier alpha value is -1.02. The number of hydrogen-bond acceptors (Lipinski definition) is 2. The zero-order valence-electron chi connectivity index (χ0n) is 7.54. The van der Waals surface area contributed by atoms with Crippen LogP contribution in [0, 0.1) is 6.92 Å². The van der Waals surface area contributed by atoms with E-state index in [2.05, 4.69) is 0 Å². The highest BCUT2D eigenvalue weighted by Crippen LogP contribution is 2.15. The number of aryl methyl sites for hydroxylation is 1. The molecule has 0 heterocycles. The van der Waals surface area contributed by atoms with E-state index in [-0.39, 0.29) is 0 Å². The second-order valence-corrected chi connectivity index (χ2v) is 2.52. The normalized spacial score (nSPS) is 9.83.